The van der Waals surface area contributed by atoms with Crippen LogP contribution in [0.15, 0.2) is 77.7 Å². The molecule has 0 unspecified atom stereocenters. The third-order valence-corrected chi connectivity index (χ3v) is 7.03. The Bertz CT molecular complexity index is 1180. The summed E-state index contributed by atoms with van der Waals surface area (Å²) in [6.07, 6.45) is 0. The summed E-state index contributed by atoms with van der Waals surface area (Å²) in [4.78, 5) is 12.7. The van der Waals surface area contributed by atoms with Gasteiger partial charge in [0.1, 0.15) is 18.9 Å². The van der Waals surface area contributed by atoms with Crippen LogP contribution in [0.3, 0.4) is 0 Å². The zero-order valence-electron chi connectivity index (χ0n) is 17.9. The second-order valence-corrected chi connectivity index (χ2v) is 9.49. The third-order valence-electron chi connectivity index (χ3n) is 4.84. The Morgan fingerprint density at radius 3 is 2.34 bits per heavy atom. The van der Waals surface area contributed by atoms with Gasteiger partial charge in [0.15, 0.2) is 0 Å². The number of ether oxygens (including phenoxy) is 1. The maximum Gasteiger partial charge on any atom is 0.264 e. The summed E-state index contributed by atoms with van der Waals surface area (Å²) in [6.45, 7) is 3.87. The lowest BCUT2D eigenvalue weighted by Crippen LogP contribution is -2.42. The molecular weight excluding hydrogens is 448 g/mol. The number of anilines is 1. The van der Waals surface area contributed by atoms with Crippen molar-refractivity contribution in [1.82, 2.24) is 5.32 Å². The largest absolute Gasteiger partial charge is 0.491 e. The lowest BCUT2D eigenvalue weighted by atomic mass is 10.2. The number of hydrogen-bond acceptors (Lipinski definition) is 4. The molecule has 0 aliphatic heterocycles. The Balaban J connectivity index is 1.73. The topological polar surface area (TPSA) is 75.7 Å². The van der Waals surface area contributed by atoms with E-state index in [2.05, 4.69) is 5.32 Å². The number of sulfonamides is 1. The first-order valence-electron chi connectivity index (χ1n) is 10.1. The number of rotatable bonds is 9. The first-order valence-corrected chi connectivity index (χ1v) is 11.9. The molecule has 3 aromatic rings. The average Bonchev–Trinajstić information content (AvgIpc) is 2.78. The van der Waals surface area contributed by atoms with Crippen LogP contribution in [-0.4, -0.2) is 34.0 Å². The van der Waals surface area contributed by atoms with E-state index in [1.54, 1.807) is 36.4 Å². The highest BCUT2D eigenvalue weighted by Crippen LogP contribution is 2.27. The Labute approximate surface area is 193 Å². The molecule has 1 N–H and O–H groups in total. The van der Waals surface area contributed by atoms with Gasteiger partial charge in [0, 0.05) is 5.02 Å². The van der Waals surface area contributed by atoms with Gasteiger partial charge in [-0.1, -0.05) is 54.1 Å². The molecule has 0 bridgehead atoms. The minimum Gasteiger partial charge on any atom is -0.491 e. The molecule has 3 aromatic carbocycles. The van der Waals surface area contributed by atoms with Crippen LogP contribution in [0.5, 0.6) is 5.75 Å². The number of nitrogens with one attached hydrogen (secondary N) is 1. The van der Waals surface area contributed by atoms with E-state index in [4.69, 9.17) is 16.3 Å². The molecule has 32 heavy (non-hydrogen) atoms. The van der Waals surface area contributed by atoms with Gasteiger partial charge in [0.2, 0.25) is 5.91 Å². The number of halogens is 1. The summed E-state index contributed by atoms with van der Waals surface area (Å²) in [7, 11) is -3.98. The second-order valence-electron chi connectivity index (χ2n) is 7.22. The van der Waals surface area contributed by atoms with E-state index < -0.39 is 15.9 Å². The fourth-order valence-corrected chi connectivity index (χ4v) is 4.64. The van der Waals surface area contributed by atoms with Gasteiger partial charge in [-0.2, -0.15) is 0 Å². The molecule has 0 aromatic heterocycles. The van der Waals surface area contributed by atoms with Crippen LogP contribution >= 0.6 is 11.6 Å². The Hall–Kier alpha value is -3.03. The summed E-state index contributed by atoms with van der Waals surface area (Å²) in [5.41, 5.74) is 2.12. The number of nitrogens with zero attached hydrogens (tertiary/aromatic N) is 1. The summed E-state index contributed by atoms with van der Waals surface area (Å²) >= 11 is 6.23. The van der Waals surface area contributed by atoms with E-state index >= 15 is 0 Å². The van der Waals surface area contributed by atoms with Gasteiger partial charge in [0.05, 0.1) is 17.1 Å². The molecule has 0 saturated carbocycles. The first kappa shape index (κ1) is 23.6. The molecule has 8 heteroatoms. The number of para-hydroxylation sites is 1. The lowest BCUT2D eigenvalue weighted by molar-refractivity contribution is -0.119. The van der Waals surface area contributed by atoms with Gasteiger partial charge in [-0.15, -0.1) is 0 Å². The van der Waals surface area contributed by atoms with Crippen LogP contribution in [0.2, 0.25) is 5.02 Å². The highest BCUT2D eigenvalue weighted by Gasteiger charge is 2.27. The fourth-order valence-electron chi connectivity index (χ4n) is 3.03. The van der Waals surface area contributed by atoms with Gasteiger partial charge < -0.3 is 10.1 Å². The normalized spacial score (nSPS) is 11.1. The van der Waals surface area contributed by atoms with Crippen LogP contribution in [0.4, 0.5) is 5.69 Å². The number of hydrogen-bond donors (Lipinski definition) is 1. The molecule has 0 atom stereocenters. The van der Waals surface area contributed by atoms with Crippen molar-refractivity contribution >= 4 is 33.2 Å². The van der Waals surface area contributed by atoms with E-state index in [-0.39, 0.29) is 24.6 Å². The fraction of sp³-hybridized carbons (Fsp3) is 0.208. The molecule has 0 aliphatic rings. The maximum atomic E-state index is 13.3. The predicted octanol–water partition coefficient (Wildman–Crippen LogP) is 4.35. The molecular formula is C24H25ClN2O4S. The monoisotopic (exact) mass is 472 g/mol. The molecule has 1 amide bonds. The van der Waals surface area contributed by atoms with Gasteiger partial charge in [-0.05, 0) is 55.3 Å². The average molecular weight is 473 g/mol. The highest BCUT2D eigenvalue weighted by atomic mass is 35.5. The van der Waals surface area contributed by atoms with Crippen LogP contribution in [0, 0.1) is 13.8 Å². The second kappa shape index (κ2) is 10.5. The number of benzene rings is 3. The van der Waals surface area contributed by atoms with Gasteiger partial charge in [-0.25, -0.2) is 8.42 Å². The molecule has 168 valence electrons. The van der Waals surface area contributed by atoms with Crippen LogP contribution in [0.1, 0.15) is 11.1 Å². The third kappa shape index (κ3) is 5.81. The zero-order valence-corrected chi connectivity index (χ0v) is 19.5. The number of carbonyl (C=O) groups excluding carboxylic acids is 1. The van der Waals surface area contributed by atoms with Crippen LogP contribution in [-0.2, 0) is 14.8 Å². The van der Waals surface area contributed by atoms with Crippen molar-refractivity contribution in [3.05, 3.63) is 88.9 Å². The highest BCUT2D eigenvalue weighted by molar-refractivity contribution is 7.92. The summed E-state index contributed by atoms with van der Waals surface area (Å²) in [5.74, 6) is 0.291. The summed E-state index contributed by atoms with van der Waals surface area (Å²) < 4.78 is 33.3. The van der Waals surface area contributed by atoms with E-state index in [0.717, 1.165) is 21.2 Å². The van der Waals surface area contributed by atoms with Crippen molar-refractivity contribution in [3.63, 3.8) is 0 Å². The van der Waals surface area contributed by atoms with Crippen LogP contribution < -0.4 is 14.4 Å². The van der Waals surface area contributed by atoms with Gasteiger partial charge in [0.25, 0.3) is 10.0 Å². The predicted molar refractivity (Wildman–Crippen MR) is 127 cm³/mol. The summed E-state index contributed by atoms with van der Waals surface area (Å²) in [6, 6.07) is 20.5. The Kier molecular flexibility index (Phi) is 7.77. The van der Waals surface area contributed by atoms with E-state index in [9.17, 15) is 13.2 Å². The van der Waals surface area contributed by atoms with Crippen molar-refractivity contribution in [2.75, 3.05) is 24.0 Å². The number of carbonyl (C=O) groups is 1. The molecule has 6 nitrogen and oxygen atoms in total. The molecule has 0 radical (unpaired) electrons. The minimum atomic E-state index is -3.98. The molecule has 0 saturated heterocycles. The van der Waals surface area contributed by atoms with Crippen molar-refractivity contribution < 1.29 is 17.9 Å². The zero-order chi connectivity index (χ0) is 23.1. The standard InChI is InChI=1S/C24H25ClN2O4S/c1-18-12-13-20(16-22(18)25)27(32(29,30)21-9-4-3-5-10-21)17-24(28)26-14-15-31-23-11-7-6-8-19(23)2/h3-13,16H,14-15,17H2,1-2H3,(H,26,28). The minimum absolute atomic E-state index is 0.0902. The maximum absolute atomic E-state index is 13.3. The quantitative estimate of drug-likeness (QED) is 0.470. The van der Waals surface area contributed by atoms with E-state index in [1.165, 1.54) is 12.1 Å². The first-order chi connectivity index (χ1) is 15.3. The molecule has 0 aliphatic carbocycles. The Morgan fingerprint density at radius 1 is 0.969 bits per heavy atom. The van der Waals surface area contributed by atoms with E-state index in [1.807, 2.05) is 38.1 Å². The van der Waals surface area contributed by atoms with Crippen LogP contribution in [0.25, 0.3) is 0 Å². The SMILES string of the molecule is Cc1ccc(N(CC(=O)NCCOc2ccccc2C)S(=O)(=O)c2ccccc2)cc1Cl. The number of aryl methyl sites for hydroxylation is 2. The van der Waals surface area contributed by atoms with E-state index in [0.29, 0.717) is 10.7 Å². The van der Waals surface area contributed by atoms with Gasteiger partial charge >= 0.3 is 0 Å². The molecule has 0 spiro atoms. The smallest absolute Gasteiger partial charge is 0.264 e. The number of amides is 1. The van der Waals surface area contributed by atoms with Crippen molar-refractivity contribution in [2.24, 2.45) is 0 Å². The molecule has 3 rings (SSSR count). The summed E-state index contributed by atoms with van der Waals surface area (Å²) in [5, 5.41) is 3.14. The molecule has 0 fully saturated rings. The molecule has 0 heterocycles. The van der Waals surface area contributed by atoms with Crippen molar-refractivity contribution in [2.45, 2.75) is 18.7 Å². The van der Waals surface area contributed by atoms with Crippen molar-refractivity contribution in [1.29, 1.82) is 0 Å². The van der Waals surface area contributed by atoms with Gasteiger partial charge in [-0.3, -0.25) is 9.10 Å². The Morgan fingerprint density at radius 2 is 1.66 bits per heavy atom. The van der Waals surface area contributed by atoms with Crippen molar-refractivity contribution in [3.8, 4) is 5.75 Å². The lowest BCUT2D eigenvalue weighted by Gasteiger charge is -2.24.